The first-order valence-corrected chi connectivity index (χ1v) is 6.71. The molecule has 0 aliphatic heterocycles. The summed E-state index contributed by atoms with van der Waals surface area (Å²) in [6, 6.07) is 3.76. The van der Waals surface area contributed by atoms with Gasteiger partial charge >= 0.3 is 0 Å². The van der Waals surface area contributed by atoms with E-state index < -0.39 is 0 Å². The first-order valence-electron chi connectivity index (χ1n) is 5.14. The van der Waals surface area contributed by atoms with Crippen molar-refractivity contribution in [2.45, 2.75) is 26.3 Å². The van der Waals surface area contributed by atoms with Crippen LogP contribution in [0.4, 0.5) is 5.82 Å². The summed E-state index contributed by atoms with van der Waals surface area (Å²) in [6.07, 6.45) is 0. The Labute approximate surface area is 114 Å². The molecule has 92 valence electrons. The van der Waals surface area contributed by atoms with E-state index in [2.05, 4.69) is 36.3 Å². The predicted molar refractivity (Wildman–Crippen MR) is 75.3 cm³/mol. The lowest BCUT2D eigenvalue weighted by molar-refractivity contribution is 0.630. The van der Waals surface area contributed by atoms with Gasteiger partial charge in [0.1, 0.15) is 10.2 Å². The van der Waals surface area contributed by atoms with Gasteiger partial charge in [0.2, 0.25) is 0 Å². The van der Waals surface area contributed by atoms with E-state index in [1.165, 1.54) is 11.3 Å². The van der Waals surface area contributed by atoms with Gasteiger partial charge in [-0.2, -0.15) is 5.10 Å². The largest absolute Gasteiger partial charge is 0.364 e. The van der Waals surface area contributed by atoms with E-state index in [0.717, 1.165) is 17.1 Å². The average Bonchev–Trinajstić information content (AvgIpc) is 2.70. The molecule has 0 radical (unpaired) electrons. The van der Waals surface area contributed by atoms with Crippen molar-refractivity contribution in [1.82, 2.24) is 10.2 Å². The molecule has 0 amide bonds. The van der Waals surface area contributed by atoms with E-state index in [-0.39, 0.29) is 5.54 Å². The van der Waals surface area contributed by atoms with Crippen molar-refractivity contribution in [2.24, 2.45) is 0 Å². The maximum atomic E-state index is 6.09. The third kappa shape index (κ3) is 3.15. The number of aromatic amines is 1. The average molecular weight is 290 g/mol. The summed E-state index contributed by atoms with van der Waals surface area (Å²) in [6.45, 7) is 6.24. The zero-order chi connectivity index (χ0) is 12.6. The molecule has 6 heteroatoms. The van der Waals surface area contributed by atoms with Crippen molar-refractivity contribution in [1.29, 1.82) is 0 Å². The maximum Gasteiger partial charge on any atom is 0.148 e. The first kappa shape index (κ1) is 12.7. The second-order valence-electron chi connectivity index (χ2n) is 4.78. The number of hydrogen-bond acceptors (Lipinski definition) is 3. The third-order valence-corrected chi connectivity index (χ3v) is 3.52. The number of rotatable bonds is 2. The number of thiophene rings is 1. The van der Waals surface area contributed by atoms with E-state index in [0.29, 0.717) is 8.67 Å². The number of H-pyrrole nitrogens is 1. The highest BCUT2D eigenvalue weighted by atomic mass is 35.5. The minimum absolute atomic E-state index is 0.0252. The SMILES string of the molecule is CC(C)(C)Nc1cc(-c2cc(Cl)sc2Cl)[nH]n1. The molecular weight excluding hydrogens is 277 g/mol. The van der Waals surface area contributed by atoms with Crippen LogP contribution in [0.1, 0.15) is 20.8 Å². The highest BCUT2D eigenvalue weighted by Gasteiger charge is 2.14. The Morgan fingerprint density at radius 2 is 2.00 bits per heavy atom. The third-order valence-electron chi connectivity index (χ3n) is 2.03. The molecule has 2 aromatic heterocycles. The summed E-state index contributed by atoms with van der Waals surface area (Å²) in [5, 5.41) is 10.4. The van der Waals surface area contributed by atoms with Gasteiger partial charge in [-0.3, -0.25) is 5.10 Å². The monoisotopic (exact) mass is 289 g/mol. The minimum atomic E-state index is -0.0252. The van der Waals surface area contributed by atoms with Crippen LogP contribution in [0.5, 0.6) is 0 Å². The van der Waals surface area contributed by atoms with Gasteiger partial charge in [0.05, 0.1) is 10.0 Å². The summed E-state index contributed by atoms with van der Waals surface area (Å²) in [4.78, 5) is 0. The van der Waals surface area contributed by atoms with Crippen LogP contribution in [0, 0.1) is 0 Å². The van der Waals surface area contributed by atoms with E-state index in [4.69, 9.17) is 23.2 Å². The van der Waals surface area contributed by atoms with Crippen molar-refractivity contribution in [2.75, 3.05) is 5.32 Å². The summed E-state index contributed by atoms with van der Waals surface area (Å²) in [5.74, 6) is 0.797. The molecule has 2 heterocycles. The number of nitrogens with one attached hydrogen (secondary N) is 2. The fraction of sp³-hybridized carbons (Fsp3) is 0.364. The molecule has 0 saturated carbocycles. The van der Waals surface area contributed by atoms with Crippen LogP contribution < -0.4 is 5.32 Å². The zero-order valence-electron chi connectivity index (χ0n) is 9.77. The Kier molecular flexibility index (Phi) is 3.39. The van der Waals surface area contributed by atoms with E-state index in [1.807, 2.05) is 12.1 Å². The highest BCUT2D eigenvalue weighted by Crippen LogP contribution is 2.37. The van der Waals surface area contributed by atoms with E-state index >= 15 is 0 Å². The molecule has 17 heavy (non-hydrogen) atoms. The van der Waals surface area contributed by atoms with Crippen LogP contribution in [-0.4, -0.2) is 15.7 Å². The lowest BCUT2D eigenvalue weighted by atomic mass is 10.1. The molecule has 2 rings (SSSR count). The van der Waals surface area contributed by atoms with Crippen molar-refractivity contribution in [3.8, 4) is 11.3 Å². The van der Waals surface area contributed by atoms with Crippen molar-refractivity contribution in [3.63, 3.8) is 0 Å². The van der Waals surface area contributed by atoms with Gasteiger partial charge in [-0.1, -0.05) is 23.2 Å². The summed E-state index contributed by atoms with van der Waals surface area (Å²) < 4.78 is 1.34. The van der Waals surface area contributed by atoms with E-state index in [9.17, 15) is 0 Å². The first-order chi connectivity index (χ1) is 7.85. The summed E-state index contributed by atoms with van der Waals surface area (Å²) in [5.41, 5.74) is 1.73. The van der Waals surface area contributed by atoms with Gasteiger partial charge in [0.15, 0.2) is 0 Å². The molecule has 0 aliphatic carbocycles. The number of aromatic nitrogens is 2. The molecule has 2 aromatic rings. The summed E-state index contributed by atoms with van der Waals surface area (Å²) >= 11 is 13.3. The number of nitrogens with zero attached hydrogens (tertiary/aromatic N) is 1. The van der Waals surface area contributed by atoms with Crippen molar-refractivity contribution >= 4 is 40.4 Å². The van der Waals surface area contributed by atoms with Crippen LogP contribution in [0.25, 0.3) is 11.3 Å². The van der Waals surface area contributed by atoms with Gasteiger partial charge in [-0.05, 0) is 26.8 Å². The lowest BCUT2D eigenvalue weighted by Gasteiger charge is -2.19. The lowest BCUT2D eigenvalue weighted by Crippen LogP contribution is -2.26. The standard InChI is InChI=1S/C11H13Cl2N3S/c1-11(2,3)14-9-5-7(15-16-9)6-4-8(12)17-10(6)13/h4-5H,1-3H3,(H2,14,15,16). The fourth-order valence-electron chi connectivity index (χ4n) is 1.43. The Morgan fingerprint density at radius 3 is 2.53 bits per heavy atom. The second-order valence-corrected chi connectivity index (χ2v) is 7.07. The molecule has 0 spiro atoms. The Morgan fingerprint density at radius 1 is 1.29 bits per heavy atom. The van der Waals surface area contributed by atoms with Crippen LogP contribution in [-0.2, 0) is 0 Å². The number of anilines is 1. The molecule has 0 bridgehead atoms. The Hall–Kier alpha value is -0.710. The fourth-order valence-corrected chi connectivity index (χ4v) is 2.92. The quantitative estimate of drug-likeness (QED) is 0.844. The molecule has 0 aromatic carbocycles. The molecular formula is C11H13Cl2N3S. The Bertz CT molecular complexity index is 525. The molecule has 3 nitrogen and oxygen atoms in total. The number of hydrogen-bond donors (Lipinski definition) is 2. The van der Waals surface area contributed by atoms with Crippen molar-refractivity contribution in [3.05, 3.63) is 20.8 Å². The molecule has 0 saturated heterocycles. The van der Waals surface area contributed by atoms with Crippen LogP contribution in [0.2, 0.25) is 8.67 Å². The maximum absolute atomic E-state index is 6.09. The molecule has 0 atom stereocenters. The van der Waals surface area contributed by atoms with Gasteiger partial charge in [-0.15, -0.1) is 11.3 Å². The number of halogens is 2. The smallest absolute Gasteiger partial charge is 0.148 e. The zero-order valence-corrected chi connectivity index (χ0v) is 12.1. The second kappa shape index (κ2) is 4.52. The summed E-state index contributed by atoms with van der Waals surface area (Å²) in [7, 11) is 0. The molecule has 0 aliphatic rings. The Balaban J connectivity index is 2.27. The normalized spacial score (nSPS) is 11.8. The predicted octanol–water partition coefficient (Wildman–Crippen LogP) is 4.66. The van der Waals surface area contributed by atoms with Crippen molar-refractivity contribution < 1.29 is 0 Å². The van der Waals surface area contributed by atoms with Gasteiger partial charge < -0.3 is 5.32 Å². The topological polar surface area (TPSA) is 40.7 Å². The molecule has 0 fully saturated rings. The van der Waals surface area contributed by atoms with Crippen LogP contribution in [0.15, 0.2) is 12.1 Å². The van der Waals surface area contributed by atoms with Gasteiger partial charge in [0.25, 0.3) is 0 Å². The van der Waals surface area contributed by atoms with Gasteiger partial charge in [-0.25, -0.2) is 0 Å². The van der Waals surface area contributed by atoms with E-state index in [1.54, 1.807) is 0 Å². The molecule has 0 unspecified atom stereocenters. The highest BCUT2D eigenvalue weighted by molar-refractivity contribution is 7.20. The van der Waals surface area contributed by atoms with Crippen LogP contribution >= 0.6 is 34.5 Å². The van der Waals surface area contributed by atoms with Crippen LogP contribution in [0.3, 0.4) is 0 Å². The molecule has 2 N–H and O–H groups in total. The minimum Gasteiger partial charge on any atom is -0.364 e. The van der Waals surface area contributed by atoms with Gasteiger partial charge in [0, 0.05) is 17.2 Å².